The third kappa shape index (κ3) is 6.20. The minimum atomic E-state index is -0.806. The number of carboxylic acid groups (broad SMARTS) is 1. The van der Waals surface area contributed by atoms with Crippen molar-refractivity contribution in [1.82, 2.24) is 0 Å². The summed E-state index contributed by atoms with van der Waals surface area (Å²) < 4.78 is 19.2. The van der Waals surface area contributed by atoms with Gasteiger partial charge in [0.1, 0.15) is 5.82 Å². The highest BCUT2D eigenvalue weighted by Crippen LogP contribution is 2.35. The highest BCUT2D eigenvalue weighted by atomic mass is 19.1. The lowest BCUT2D eigenvalue weighted by Crippen LogP contribution is -2.26. The Bertz CT molecular complexity index is 604. The van der Waals surface area contributed by atoms with Gasteiger partial charge in [-0.3, -0.25) is 4.79 Å². The number of benzene rings is 1. The van der Waals surface area contributed by atoms with Gasteiger partial charge in [0.2, 0.25) is 0 Å². The Hall–Kier alpha value is -1.76. The number of aliphatic carboxylic acids is 1. The molecule has 2 rings (SSSR count). The van der Waals surface area contributed by atoms with E-state index < -0.39 is 18.2 Å². The van der Waals surface area contributed by atoms with Crippen LogP contribution in [0.3, 0.4) is 0 Å². The third-order valence-corrected chi connectivity index (χ3v) is 4.88. The van der Waals surface area contributed by atoms with Crippen molar-refractivity contribution in [2.75, 3.05) is 6.61 Å². The zero-order chi connectivity index (χ0) is 18.9. The Morgan fingerprint density at radius 1 is 1.19 bits per heavy atom. The summed E-state index contributed by atoms with van der Waals surface area (Å²) in [6.45, 7) is 0.383. The molecule has 1 saturated carbocycles. The molecule has 1 aliphatic carbocycles. The number of rotatable bonds is 10. The lowest BCUT2D eigenvalue weighted by molar-refractivity contribution is -0.137. The largest absolute Gasteiger partial charge is 0.481 e. The lowest BCUT2D eigenvalue weighted by Gasteiger charge is -2.22. The van der Waals surface area contributed by atoms with E-state index in [0.717, 1.165) is 0 Å². The molecule has 1 fully saturated rings. The van der Waals surface area contributed by atoms with Crippen LogP contribution in [0.2, 0.25) is 0 Å². The van der Waals surface area contributed by atoms with Gasteiger partial charge < -0.3 is 20.1 Å². The van der Waals surface area contributed by atoms with E-state index >= 15 is 0 Å². The topological polar surface area (TPSA) is 87.0 Å². The van der Waals surface area contributed by atoms with Crippen molar-refractivity contribution in [3.05, 3.63) is 47.8 Å². The fourth-order valence-electron chi connectivity index (χ4n) is 3.40. The number of hydrogen-bond donors (Lipinski definition) is 3. The number of unbranched alkanes of at least 4 members (excludes halogenated alkanes) is 1. The monoisotopic (exact) mass is 366 g/mol. The Kier molecular flexibility index (Phi) is 8.22. The Morgan fingerprint density at radius 3 is 2.65 bits per heavy atom. The van der Waals surface area contributed by atoms with Gasteiger partial charge in [-0.05, 0) is 37.7 Å². The molecule has 6 heteroatoms. The van der Waals surface area contributed by atoms with Gasteiger partial charge in [0.25, 0.3) is 0 Å². The molecule has 0 spiro atoms. The number of halogens is 1. The van der Waals surface area contributed by atoms with Crippen LogP contribution < -0.4 is 0 Å². The van der Waals surface area contributed by atoms with Crippen LogP contribution in [0.25, 0.3) is 0 Å². The van der Waals surface area contributed by atoms with E-state index in [1.165, 1.54) is 6.07 Å². The number of carboxylic acids is 1. The van der Waals surface area contributed by atoms with Crippen molar-refractivity contribution < 1.29 is 29.2 Å². The van der Waals surface area contributed by atoms with Crippen LogP contribution in [0.15, 0.2) is 36.4 Å². The molecular formula is C20H27FO5. The first-order valence-corrected chi connectivity index (χ1v) is 9.03. The zero-order valence-corrected chi connectivity index (χ0v) is 14.8. The summed E-state index contributed by atoms with van der Waals surface area (Å²) >= 11 is 0. The van der Waals surface area contributed by atoms with Crippen LogP contribution in [0.4, 0.5) is 4.39 Å². The molecule has 3 N–H and O–H groups in total. The van der Waals surface area contributed by atoms with Crippen molar-refractivity contribution >= 4 is 5.97 Å². The predicted octanol–water partition coefficient (Wildman–Crippen LogP) is 2.90. The molecule has 0 saturated heterocycles. The van der Waals surface area contributed by atoms with Gasteiger partial charge in [0, 0.05) is 17.9 Å². The second-order valence-electron chi connectivity index (χ2n) is 6.80. The maximum absolute atomic E-state index is 13.6. The zero-order valence-electron chi connectivity index (χ0n) is 14.8. The van der Waals surface area contributed by atoms with Gasteiger partial charge in [-0.25, -0.2) is 4.39 Å². The summed E-state index contributed by atoms with van der Waals surface area (Å²) in [5, 5.41) is 29.0. The minimum Gasteiger partial charge on any atom is -0.481 e. The molecule has 1 aromatic carbocycles. The van der Waals surface area contributed by atoms with Gasteiger partial charge in [0.15, 0.2) is 0 Å². The van der Waals surface area contributed by atoms with E-state index in [4.69, 9.17) is 9.84 Å². The highest BCUT2D eigenvalue weighted by molar-refractivity contribution is 5.66. The van der Waals surface area contributed by atoms with E-state index in [0.29, 0.717) is 31.2 Å². The highest BCUT2D eigenvalue weighted by Gasteiger charge is 2.40. The molecule has 0 radical (unpaired) electrons. The summed E-state index contributed by atoms with van der Waals surface area (Å²) in [6, 6.07) is 6.40. The number of ether oxygens (including phenoxy) is 1. The van der Waals surface area contributed by atoms with E-state index in [2.05, 4.69) is 0 Å². The Morgan fingerprint density at radius 2 is 1.92 bits per heavy atom. The van der Waals surface area contributed by atoms with Crippen LogP contribution in [0, 0.1) is 17.7 Å². The summed E-state index contributed by atoms with van der Waals surface area (Å²) in [4.78, 5) is 10.5. The SMILES string of the molecule is O=C(O)CCC/C=C\CC1C(O)CC(O)C1COCc1ccccc1F. The Balaban J connectivity index is 1.80. The van der Waals surface area contributed by atoms with Gasteiger partial charge in [-0.1, -0.05) is 30.4 Å². The maximum Gasteiger partial charge on any atom is 0.303 e. The average Bonchev–Trinajstić information content (AvgIpc) is 2.86. The normalized spacial score (nSPS) is 25.8. The summed E-state index contributed by atoms with van der Waals surface area (Å²) in [6.07, 6.45) is 4.90. The lowest BCUT2D eigenvalue weighted by atomic mass is 9.91. The van der Waals surface area contributed by atoms with Crippen molar-refractivity contribution in [3.8, 4) is 0 Å². The molecule has 0 amide bonds. The number of hydrogen-bond acceptors (Lipinski definition) is 4. The molecule has 26 heavy (non-hydrogen) atoms. The first-order chi connectivity index (χ1) is 12.5. The molecule has 1 aromatic rings. The average molecular weight is 366 g/mol. The smallest absolute Gasteiger partial charge is 0.303 e. The van der Waals surface area contributed by atoms with Crippen molar-refractivity contribution in [2.45, 2.75) is 50.9 Å². The van der Waals surface area contributed by atoms with E-state index in [1.807, 2.05) is 12.2 Å². The van der Waals surface area contributed by atoms with Crippen LogP contribution >= 0.6 is 0 Å². The minimum absolute atomic E-state index is 0.124. The maximum atomic E-state index is 13.6. The number of carbonyl (C=O) groups is 1. The molecule has 4 atom stereocenters. The molecule has 1 aliphatic rings. The molecular weight excluding hydrogens is 339 g/mol. The van der Waals surface area contributed by atoms with Crippen molar-refractivity contribution in [1.29, 1.82) is 0 Å². The van der Waals surface area contributed by atoms with Crippen LogP contribution in [-0.2, 0) is 16.1 Å². The standard InChI is InChI=1S/C20H27FO5/c21-17-9-6-5-7-14(17)12-26-13-16-15(18(22)11-19(16)23)8-3-1-2-4-10-20(24)25/h1,3,5-7,9,15-16,18-19,22-23H,2,4,8,10-13H2,(H,24,25)/b3-1-. The third-order valence-electron chi connectivity index (χ3n) is 4.88. The van der Waals surface area contributed by atoms with Crippen molar-refractivity contribution in [3.63, 3.8) is 0 Å². The Labute approximate surface area is 153 Å². The molecule has 0 bridgehead atoms. The molecule has 4 unspecified atom stereocenters. The number of aliphatic hydroxyl groups excluding tert-OH is 2. The van der Waals surface area contributed by atoms with Gasteiger partial charge >= 0.3 is 5.97 Å². The van der Waals surface area contributed by atoms with Crippen LogP contribution in [-0.4, -0.2) is 40.1 Å². The van der Waals surface area contributed by atoms with Crippen molar-refractivity contribution in [2.24, 2.45) is 11.8 Å². The fourth-order valence-corrected chi connectivity index (χ4v) is 3.40. The summed E-state index contributed by atoms with van der Waals surface area (Å²) in [5.74, 6) is -1.46. The molecule has 0 aliphatic heterocycles. The van der Waals surface area contributed by atoms with E-state index in [-0.39, 0.29) is 37.3 Å². The fraction of sp³-hybridized carbons (Fsp3) is 0.550. The van der Waals surface area contributed by atoms with Gasteiger partial charge in [-0.2, -0.15) is 0 Å². The predicted molar refractivity (Wildman–Crippen MR) is 94.9 cm³/mol. The van der Waals surface area contributed by atoms with Gasteiger partial charge in [0.05, 0.1) is 25.4 Å². The van der Waals surface area contributed by atoms with Crippen LogP contribution in [0.5, 0.6) is 0 Å². The van der Waals surface area contributed by atoms with Crippen LogP contribution in [0.1, 0.15) is 37.7 Å². The second kappa shape index (κ2) is 10.4. The molecule has 5 nitrogen and oxygen atoms in total. The quantitative estimate of drug-likeness (QED) is 0.438. The summed E-state index contributed by atoms with van der Waals surface area (Å²) in [7, 11) is 0. The molecule has 0 heterocycles. The number of allylic oxidation sites excluding steroid dienone is 2. The summed E-state index contributed by atoms with van der Waals surface area (Å²) in [5.41, 5.74) is 0.468. The van der Waals surface area contributed by atoms with E-state index in [9.17, 15) is 19.4 Å². The van der Waals surface area contributed by atoms with Gasteiger partial charge in [-0.15, -0.1) is 0 Å². The number of aliphatic hydroxyl groups is 2. The second-order valence-corrected chi connectivity index (χ2v) is 6.80. The van der Waals surface area contributed by atoms with E-state index in [1.54, 1.807) is 18.2 Å². The first-order valence-electron chi connectivity index (χ1n) is 9.03. The molecule has 0 aromatic heterocycles. The molecule has 144 valence electrons. The first kappa shape index (κ1) is 20.6.